The van der Waals surface area contributed by atoms with Crippen LogP contribution in [0.2, 0.25) is 0 Å². The summed E-state index contributed by atoms with van der Waals surface area (Å²) >= 11 is 0. The molecule has 2 aromatic carbocycles. The minimum absolute atomic E-state index is 0.0194. The molecule has 3 aromatic rings. The fourth-order valence-electron chi connectivity index (χ4n) is 5.34. The Kier molecular flexibility index (Phi) is 9.02. The SMILES string of the molecule is CN(C(=O)C(C)(C)c1cc(C(F)(F)F)cc(C(F)(F)F)c1)c1cnc(N2CC[C@H](O)[C@H]2CO)cc1-c1ccc(F)cc1CO. The van der Waals surface area contributed by atoms with Crippen LogP contribution in [0, 0.1) is 5.82 Å². The lowest BCUT2D eigenvalue weighted by Crippen LogP contribution is -2.42. The number of nitrogens with zero attached hydrogens (tertiary/aromatic N) is 3. The van der Waals surface area contributed by atoms with Crippen molar-refractivity contribution >= 4 is 17.4 Å². The third-order valence-electron chi connectivity index (χ3n) is 7.90. The van der Waals surface area contributed by atoms with Gasteiger partial charge in [0.2, 0.25) is 5.91 Å². The molecule has 0 radical (unpaired) electrons. The number of benzene rings is 2. The average molecular weight is 630 g/mol. The van der Waals surface area contributed by atoms with Crippen molar-refractivity contribution in [2.45, 2.75) is 56.8 Å². The summed E-state index contributed by atoms with van der Waals surface area (Å²) in [5, 5.41) is 30.1. The maximum Gasteiger partial charge on any atom is 0.416 e. The summed E-state index contributed by atoms with van der Waals surface area (Å²) in [4.78, 5) is 20.9. The monoisotopic (exact) mass is 629 g/mol. The van der Waals surface area contributed by atoms with Crippen LogP contribution in [0.3, 0.4) is 0 Å². The van der Waals surface area contributed by atoms with Crippen molar-refractivity contribution in [3.63, 3.8) is 0 Å². The van der Waals surface area contributed by atoms with Gasteiger partial charge in [-0.05, 0) is 73.4 Å². The minimum atomic E-state index is -5.12. The summed E-state index contributed by atoms with van der Waals surface area (Å²) in [6, 6.07) is 5.30. The molecule has 0 bridgehead atoms. The van der Waals surface area contributed by atoms with Gasteiger partial charge in [0.15, 0.2) is 0 Å². The molecule has 14 heteroatoms. The van der Waals surface area contributed by atoms with E-state index in [-0.39, 0.29) is 34.3 Å². The Morgan fingerprint density at radius 2 is 1.55 bits per heavy atom. The van der Waals surface area contributed by atoms with Crippen LogP contribution in [0.25, 0.3) is 11.1 Å². The molecule has 0 unspecified atom stereocenters. The van der Waals surface area contributed by atoms with Crippen molar-refractivity contribution in [3.8, 4) is 11.1 Å². The highest BCUT2D eigenvalue weighted by Crippen LogP contribution is 2.42. The number of aliphatic hydroxyl groups excluding tert-OH is 3. The molecule has 1 aliphatic rings. The number of aliphatic hydroxyl groups is 3. The number of anilines is 2. The van der Waals surface area contributed by atoms with Crippen molar-refractivity contribution in [1.82, 2.24) is 4.98 Å². The molecule has 1 aromatic heterocycles. The number of carbonyl (C=O) groups excluding carboxylic acids is 1. The maximum atomic E-state index is 14.1. The summed E-state index contributed by atoms with van der Waals surface area (Å²) in [5.74, 6) is -1.29. The molecule has 2 heterocycles. The molecule has 0 spiro atoms. The highest BCUT2D eigenvalue weighted by Gasteiger charge is 2.41. The Morgan fingerprint density at radius 1 is 0.955 bits per heavy atom. The third-order valence-corrected chi connectivity index (χ3v) is 7.90. The number of halogens is 7. The van der Waals surface area contributed by atoms with Gasteiger partial charge in [0.25, 0.3) is 0 Å². The summed E-state index contributed by atoms with van der Waals surface area (Å²) in [5.41, 5.74) is -4.92. The van der Waals surface area contributed by atoms with E-state index in [1.807, 2.05) is 0 Å². The Bertz CT molecular complexity index is 1510. The fourth-order valence-corrected chi connectivity index (χ4v) is 5.34. The fraction of sp³-hybridized carbons (Fsp3) is 0.400. The number of rotatable bonds is 7. The van der Waals surface area contributed by atoms with Gasteiger partial charge in [-0.3, -0.25) is 4.79 Å². The molecule has 0 aliphatic carbocycles. The number of hydrogen-bond acceptors (Lipinski definition) is 6. The first-order valence-corrected chi connectivity index (χ1v) is 13.4. The zero-order valence-electron chi connectivity index (χ0n) is 23.8. The summed E-state index contributed by atoms with van der Waals surface area (Å²) in [6.07, 6.45) is -9.52. The number of alkyl halides is 6. The second-order valence-electron chi connectivity index (χ2n) is 11.1. The molecule has 1 aliphatic heterocycles. The van der Waals surface area contributed by atoms with Crippen LogP contribution in [-0.4, -0.2) is 58.6 Å². The number of aromatic nitrogens is 1. The molecular formula is C30H30F7N3O4. The van der Waals surface area contributed by atoms with Gasteiger partial charge in [-0.15, -0.1) is 0 Å². The summed E-state index contributed by atoms with van der Waals surface area (Å²) in [6.45, 7) is 1.68. The lowest BCUT2D eigenvalue weighted by atomic mass is 9.81. The van der Waals surface area contributed by atoms with E-state index in [1.54, 1.807) is 4.90 Å². The van der Waals surface area contributed by atoms with Gasteiger partial charge in [-0.25, -0.2) is 9.37 Å². The number of amides is 1. The first-order chi connectivity index (χ1) is 20.4. The van der Waals surface area contributed by atoms with Crippen molar-refractivity contribution in [1.29, 1.82) is 0 Å². The molecule has 1 saturated heterocycles. The molecule has 2 atom stereocenters. The standard InChI is InChI=1S/C30H30F7N3O4/c1-28(2,17-9-18(29(32,33)34)11-19(10-17)30(35,36)37)27(44)39(3)23-13-38-26(40-7-6-25(43)24(40)15-42)12-22(23)21-5-4-20(31)8-16(21)14-41/h4-5,8-13,24-25,41-43H,6-7,14-15H2,1-3H3/t24-,25+/m1/s1. The molecular weight excluding hydrogens is 599 g/mol. The van der Waals surface area contributed by atoms with E-state index < -0.39 is 71.5 Å². The number of hydrogen-bond donors (Lipinski definition) is 3. The summed E-state index contributed by atoms with van der Waals surface area (Å²) < 4.78 is 95.5. The zero-order valence-corrected chi connectivity index (χ0v) is 23.8. The van der Waals surface area contributed by atoms with Gasteiger partial charge in [-0.2, -0.15) is 26.3 Å². The first-order valence-electron chi connectivity index (χ1n) is 13.4. The lowest BCUT2D eigenvalue weighted by Gasteiger charge is -2.33. The normalized spacial score (nSPS) is 17.7. The van der Waals surface area contributed by atoms with Crippen LogP contribution in [0.5, 0.6) is 0 Å². The molecule has 0 saturated carbocycles. The molecule has 1 amide bonds. The largest absolute Gasteiger partial charge is 0.416 e. The number of likely N-dealkylation sites (N-methyl/N-ethyl adjacent to an activating group) is 1. The lowest BCUT2D eigenvalue weighted by molar-refractivity contribution is -0.143. The van der Waals surface area contributed by atoms with E-state index in [1.165, 1.54) is 39.2 Å². The van der Waals surface area contributed by atoms with E-state index in [2.05, 4.69) is 4.98 Å². The van der Waals surface area contributed by atoms with Crippen molar-refractivity contribution < 1.29 is 50.8 Å². The molecule has 44 heavy (non-hydrogen) atoms. The van der Waals surface area contributed by atoms with Gasteiger partial charge >= 0.3 is 12.4 Å². The van der Waals surface area contributed by atoms with Gasteiger partial charge < -0.3 is 25.1 Å². The van der Waals surface area contributed by atoms with Gasteiger partial charge in [0, 0.05) is 19.2 Å². The Balaban J connectivity index is 1.86. The van der Waals surface area contributed by atoms with Crippen molar-refractivity contribution in [2.75, 3.05) is 30.0 Å². The first kappa shape index (κ1) is 33.1. The number of carbonyl (C=O) groups is 1. The predicted octanol–water partition coefficient (Wildman–Crippen LogP) is 5.29. The smallest absolute Gasteiger partial charge is 0.394 e. The van der Waals surface area contributed by atoms with Crippen LogP contribution in [0.1, 0.15) is 42.5 Å². The molecule has 1 fully saturated rings. The van der Waals surface area contributed by atoms with E-state index in [0.29, 0.717) is 25.1 Å². The maximum absolute atomic E-state index is 14.1. The van der Waals surface area contributed by atoms with Crippen LogP contribution in [-0.2, 0) is 29.2 Å². The van der Waals surface area contributed by atoms with E-state index in [0.717, 1.165) is 17.0 Å². The topological polar surface area (TPSA) is 97.1 Å². The van der Waals surface area contributed by atoms with Crippen LogP contribution >= 0.6 is 0 Å². The second-order valence-corrected chi connectivity index (χ2v) is 11.1. The highest BCUT2D eigenvalue weighted by atomic mass is 19.4. The van der Waals surface area contributed by atoms with E-state index in [4.69, 9.17) is 0 Å². The minimum Gasteiger partial charge on any atom is -0.394 e. The van der Waals surface area contributed by atoms with Crippen LogP contribution in [0.15, 0.2) is 48.7 Å². The van der Waals surface area contributed by atoms with Crippen LogP contribution in [0.4, 0.5) is 42.2 Å². The van der Waals surface area contributed by atoms with E-state index >= 15 is 0 Å². The molecule has 3 N–H and O–H groups in total. The van der Waals surface area contributed by atoms with Crippen molar-refractivity contribution in [3.05, 3.63) is 76.7 Å². The molecule has 238 valence electrons. The molecule has 4 rings (SSSR count). The van der Waals surface area contributed by atoms with Gasteiger partial charge in [0.05, 0.1) is 53.8 Å². The third kappa shape index (κ3) is 6.37. The second kappa shape index (κ2) is 12.0. The van der Waals surface area contributed by atoms with Gasteiger partial charge in [-0.1, -0.05) is 6.07 Å². The quantitative estimate of drug-likeness (QED) is 0.308. The molecule has 7 nitrogen and oxygen atoms in total. The Hall–Kier alpha value is -3.75. The Labute approximate surface area is 248 Å². The van der Waals surface area contributed by atoms with E-state index in [9.17, 15) is 50.8 Å². The average Bonchev–Trinajstić information content (AvgIpc) is 3.34. The number of pyridine rings is 1. The van der Waals surface area contributed by atoms with Gasteiger partial charge in [0.1, 0.15) is 11.6 Å². The summed E-state index contributed by atoms with van der Waals surface area (Å²) in [7, 11) is 1.26. The predicted molar refractivity (Wildman–Crippen MR) is 147 cm³/mol. The van der Waals surface area contributed by atoms with Crippen molar-refractivity contribution in [2.24, 2.45) is 0 Å². The highest BCUT2D eigenvalue weighted by molar-refractivity contribution is 6.03. The van der Waals surface area contributed by atoms with Crippen LogP contribution < -0.4 is 9.80 Å². The zero-order chi connectivity index (χ0) is 32.8. The Morgan fingerprint density at radius 3 is 2.09 bits per heavy atom.